The highest BCUT2D eigenvalue weighted by Crippen LogP contribution is 2.44. The predicted molar refractivity (Wildman–Crippen MR) is 62.0 cm³/mol. The third-order valence-electron chi connectivity index (χ3n) is 1.51. The number of hydrogen-bond acceptors (Lipinski definition) is 3. The maximum absolute atomic E-state index is 4.49. The Labute approximate surface area is 83.2 Å². The molecule has 0 bridgehead atoms. The molecule has 0 fully saturated rings. The van der Waals surface area contributed by atoms with Crippen molar-refractivity contribution in [3.63, 3.8) is 0 Å². The molecule has 2 unspecified atom stereocenters. The van der Waals surface area contributed by atoms with Crippen LogP contribution in [0.15, 0.2) is 34.8 Å². The van der Waals surface area contributed by atoms with E-state index in [9.17, 15) is 0 Å². The fourth-order valence-electron chi connectivity index (χ4n) is 1.04. The third kappa shape index (κ3) is 1.54. The van der Waals surface area contributed by atoms with Crippen LogP contribution in [0.3, 0.4) is 0 Å². The van der Waals surface area contributed by atoms with Crippen LogP contribution in [0.25, 0.3) is 0 Å². The summed E-state index contributed by atoms with van der Waals surface area (Å²) in [4.78, 5) is 1.35. The zero-order chi connectivity index (χ0) is 7.84. The second-order valence-corrected chi connectivity index (χ2v) is 8.21. The molecule has 0 amide bonds. The van der Waals surface area contributed by atoms with Crippen LogP contribution in [0, 0.1) is 0 Å². The SMILES string of the molecule is SC1C=C2C=CC=C2[S+](S)S1. The van der Waals surface area contributed by atoms with E-state index in [-0.39, 0.29) is 8.96 Å². The van der Waals surface area contributed by atoms with Gasteiger partial charge in [0.05, 0.1) is 11.7 Å². The van der Waals surface area contributed by atoms with E-state index in [1.807, 2.05) is 0 Å². The molecule has 0 aromatic carbocycles. The maximum Gasteiger partial charge on any atom is 0.187 e. The van der Waals surface area contributed by atoms with Gasteiger partial charge in [0.25, 0.3) is 0 Å². The van der Waals surface area contributed by atoms with Gasteiger partial charge in [0.15, 0.2) is 13.9 Å². The second kappa shape index (κ2) is 3.17. The number of rotatable bonds is 0. The van der Waals surface area contributed by atoms with E-state index < -0.39 is 0 Å². The molecule has 1 aliphatic heterocycles. The lowest BCUT2D eigenvalue weighted by Gasteiger charge is -2.10. The quantitative estimate of drug-likeness (QED) is 0.359. The van der Waals surface area contributed by atoms with Crippen LogP contribution in [-0.2, 0) is 8.96 Å². The van der Waals surface area contributed by atoms with E-state index in [0.717, 1.165) is 0 Å². The molecule has 0 aromatic rings. The Kier molecular flexibility index (Phi) is 2.37. The minimum atomic E-state index is 0.0394. The first-order valence-corrected chi connectivity index (χ1v) is 7.35. The van der Waals surface area contributed by atoms with Gasteiger partial charge in [-0.1, -0.05) is 6.08 Å². The molecular weight excluding hydrogens is 212 g/mol. The van der Waals surface area contributed by atoms with E-state index in [4.69, 9.17) is 0 Å². The summed E-state index contributed by atoms with van der Waals surface area (Å²) in [5.41, 5.74) is 1.31. The standard InChI is InChI=1S/C7H6S4/c8-7-4-5-2-1-3-6(5)11(9)10-7/h1-4,7,9H/p+1. The van der Waals surface area contributed by atoms with Gasteiger partial charge in [0.1, 0.15) is 15.4 Å². The molecule has 58 valence electrons. The zero-order valence-corrected chi connectivity index (χ0v) is 9.02. The molecule has 0 spiro atoms. The van der Waals surface area contributed by atoms with Gasteiger partial charge in [-0.25, -0.2) is 0 Å². The van der Waals surface area contributed by atoms with Crippen molar-refractivity contribution in [1.82, 2.24) is 0 Å². The number of allylic oxidation sites excluding steroid dienone is 4. The first-order valence-electron chi connectivity index (χ1n) is 3.16. The van der Waals surface area contributed by atoms with Crippen molar-refractivity contribution in [3.8, 4) is 0 Å². The van der Waals surface area contributed by atoms with E-state index in [1.165, 1.54) is 10.5 Å². The van der Waals surface area contributed by atoms with Gasteiger partial charge in [-0.15, -0.1) is 0 Å². The number of fused-ring (bicyclic) bond motifs is 1. The Hall–Kier alpha value is 0.620. The molecule has 2 atom stereocenters. The zero-order valence-electron chi connectivity index (χ0n) is 5.60. The van der Waals surface area contributed by atoms with Crippen LogP contribution in [0.2, 0.25) is 0 Å². The normalized spacial score (nSPS) is 34.7. The molecule has 0 saturated carbocycles. The Morgan fingerprint density at radius 3 is 3.18 bits per heavy atom. The summed E-state index contributed by atoms with van der Waals surface area (Å²) in [7, 11) is 1.83. The number of hydrogen-bond donors (Lipinski definition) is 2. The average molecular weight is 219 g/mol. The first kappa shape index (κ1) is 8.23. The summed E-state index contributed by atoms with van der Waals surface area (Å²) in [6.45, 7) is 0. The van der Waals surface area contributed by atoms with Crippen LogP contribution < -0.4 is 0 Å². The van der Waals surface area contributed by atoms with Gasteiger partial charge >= 0.3 is 0 Å². The molecule has 0 aromatic heterocycles. The van der Waals surface area contributed by atoms with Crippen LogP contribution in [0.4, 0.5) is 0 Å². The molecular formula is C7H7S4+. The second-order valence-electron chi connectivity index (χ2n) is 2.25. The predicted octanol–water partition coefficient (Wildman–Crippen LogP) is 2.75. The Bertz CT molecular complexity index is 264. The largest absolute Gasteiger partial charge is 0.187 e. The summed E-state index contributed by atoms with van der Waals surface area (Å²) in [6, 6.07) is 0. The first-order chi connectivity index (χ1) is 5.27. The van der Waals surface area contributed by atoms with Crippen molar-refractivity contribution in [2.24, 2.45) is 0 Å². The average Bonchev–Trinajstić information content (AvgIpc) is 2.34. The third-order valence-corrected chi connectivity index (χ3v) is 6.74. The minimum Gasteiger partial charge on any atom is -0.156 e. The van der Waals surface area contributed by atoms with Crippen LogP contribution in [0.5, 0.6) is 0 Å². The van der Waals surface area contributed by atoms with Gasteiger partial charge in [-0.05, 0) is 18.2 Å². The molecule has 0 N–H and O–H groups in total. The Morgan fingerprint density at radius 1 is 1.55 bits per heavy atom. The van der Waals surface area contributed by atoms with Crippen LogP contribution in [-0.4, -0.2) is 4.58 Å². The van der Waals surface area contributed by atoms with Crippen LogP contribution in [0.1, 0.15) is 0 Å². The van der Waals surface area contributed by atoms with E-state index in [1.54, 1.807) is 10.8 Å². The van der Waals surface area contributed by atoms with Crippen molar-refractivity contribution in [3.05, 3.63) is 34.8 Å². The highest BCUT2D eigenvalue weighted by atomic mass is 33.5. The summed E-state index contributed by atoms with van der Waals surface area (Å²) in [5.74, 6) is 0. The molecule has 1 aliphatic carbocycles. The van der Waals surface area contributed by atoms with E-state index in [2.05, 4.69) is 48.6 Å². The molecule has 0 nitrogen and oxygen atoms in total. The summed E-state index contributed by atoms with van der Waals surface area (Å²) in [6.07, 6.45) is 8.50. The van der Waals surface area contributed by atoms with Crippen molar-refractivity contribution >= 4 is 44.0 Å². The minimum absolute atomic E-state index is 0.0394. The van der Waals surface area contributed by atoms with Crippen LogP contribution >= 0.6 is 35.1 Å². The lowest BCUT2D eigenvalue weighted by atomic mass is 10.3. The highest BCUT2D eigenvalue weighted by molar-refractivity contribution is 9.04. The topological polar surface area (TPSA) is 0 Å². The fraction of sp³-hybridized carbons (Fsp3) is 0.143. The van der Waals surface area contributed by atoms with Crippen molar-refractivity contribution in [2.75, 3.05) is 0 Å². The lowest BCUT2D eigenvalue weighted by Crippen LogP contribution is -2.04. The monoisotopic (exact) mass is 219 g/mol. The molecule has 2 aliphatic rings. The summed E-state index contributed by atoms with van der Waals surface area (Å²) >= 11 is 8.87. The lowest BCUT2D eigenvalue weighted by molar-refractivity contribution is 1.57. The molecule has 0 saturated heterocycles. The molecule has 11 heavy (non-hydrogen) atoms. The molecule has 1 heterocycles. The highest BCUT2D eigenvalue weighted by Gasteiger charge is 2.34. The van der Waals surface area contributed by atoms with Gasteiger partial charge in [0.2, 0.25) is 0 Å². The molecule has 0 radical (unpaired) electrons. The Morgan fingerprint density at radius 2 is 2.36 bits per heavy atom. The van der Waals surface area contributed by atoms with Crippen molar-refractivity contribution < 1.29 is 0 Å². The van der Waals surface area contributed by atoms with Crippen molar-refractivity contribution in [1.29, 1.82) is 0 Å². The molecule has 2 rings (SSSR count). The van der Waals surface area contributed by atoms with Crippen molar-refractivity contribution in [2.45, 2.75) is 4.58 Å². The van der Waals surface area contributed by atoms with Gasteiger partial charge in [-0.3, -0.25) is 0 Å². The fourth-order valence-corrected chi connectivity index (χ4v) is 6.44. The Balaban J connectivity index is 2.37. The van der Waals surface area contributed by atoms with Gasteiger partial charge in [0, 0.05) is 5.57 Å². The number of thiol groups is 2. The molecule has 4 heteroatoms. The summed E-state index contributed by atoms with van der Waals surface area (Å²) in [5, 5.41) is 0. The van der Waals surface area contributed by atoms with Gasteiger partial charge in [-0.2, -0.15) is 12.6 Å². The smallest absolute Gasteiger partial charge is 0.156 e. The van der Waals surface area contributed by atoms with Gasteiger partial charge < -0.3 is 0 Å². The van der Waals surface area contributed by atoms with E-state index >= 15 is 0 Å². The summed E-state index contributed by atoms with van der Waals surface area (Å²) < 4.78 is 0.311. The van der Waals surface area contributed by atoms with E-state index in [0.29, 0.717) is 4.58 Å². The maximum atomic E-state index is 4.49.